The number of hydrogen-bond donors (Lipinski definition) is 0. The summed E-state index contributed by atoms with van der Waals surface area (Å²) in [6.45, 7) is 0. The lowest BCUT2D eigenvalue weighted by Crippen LogP contribution is -2.17. The van der Waals surface area contributed by atoms with Crippen LogP contribution in [0.15, 0.2) is 84.0 Å². The predicted octanol–water partition coefficient (Wildman–Crippen LogP) is 4.29. The number of benzene rings is 3. The lowest BCUT2D eigenvalue weighted by Gasteiger charge is -2.17. The maximum absolute atomic E-state index is 13.8. The van der Waals surface area contributed by atoms with Crippen molar-refractivity contribution in [2.45, 2.75) is 12.8 Å². The molecule has 0 atom stereocenters. The zero-order chi connectivity index (χ0) is 18.7. The van der Waals surface area contributed by atoms with Gasteiger partial charge in [0.15, 0.2) is 0 Å². The molecule has 3 aromatic rings. The average Bonchev–Trinajstić information content (AvgIpc) is 3.15. The van der Waals surface area contributed by atoms with Gasteiger partial charge in [-0.2, -0.15) is 0 Å². The summed E-state index contributed by atoms with van der Waals surface area (Å²) in [7, 11) is -1.66. The normalized spacial score (nSPS) is 14.8. The third-order valence-electron chi connectivity index (χ3n) is 4.71. The van der Waals surface area contributed by atoms with E-state index < -0.39 is 7.37 Å². The lowest BCUT2D eigenvalue weighted by atomic mass is 10.1. The van der Waals surface area contributed by atoms with E-state index in [0.717, 1.165) is 29.9 Å². The summed E-state index contributed by atoms with van der Waals surface area (Å²) in [4.78, 5) is 0. The van der Waals surface area contributed by atoms with Gasteiger partial charge in [0.05, 0.1) is 23.4 Å². The van der Waals surface area contributed by atoms with Gasteiger partial charge in [-0.05, 0) is 60.9 Å². The molecule has 1 aliphatic carbocycles. The van der Waals surface area contributed by atoms with Crippen molar-refractivity contribution >= 4 is 23.7 Å². The summed E-state index contributed by atoms with van der Waals surface area (Å²) < 4.78 is 24.9. The van der Waals surface area contributed by atoms with Crippen molar-refractivity contribution in [3.63, 3.8) is 0 Å². The molecule has 136 valence electrons. The van der Waals surface area contributed by atoms with Crippen LogP contribution in [0.25, 0.3) is 0 Å². The molecule has 0 spiro atoms. The van der Waals surface area contributed by atoms with Gasteiger partial charge in [-0.3, -0.25) is 4.57 Å². The minimum Gasteiger partial charge on any atom is -0.497 e. The molecule has 0 N–H and O–H groups in total. The number of nitrogens with zero attached hydrogens (tertiary/aromatic N) is 1. The lowest BCUT2D eigenvalue weighted by molar-refractivity contribution is 0.348. The fourth-order valence-electron chi connectivity index (χ4n) is 3.27. The first kappa shape index (κ1) is 17.6. The Morgan fingerprint density at radius 2 is 1.48 bits per heavy atom. The Labute approximate surface area is 158 Å². The van der Waals surface area contributed by atoms with Gasteiger partial charge >= 0.3 is 7.37 Å². The third-order valence-corrected chi connectivity index (χ3v) is 6.98. The fraction of sp³-hybridized carbons (Fsp3) is 0.136. The van der Waals surface area contributed by atoms with E-state index in [4.69, 9.17) is 9.36 Å². The minimum absolute atomic E-state index is 0.633. The summed E-state index contributed by atoms with van der Waals surface area (Å²) in [5.74, 6) is 0.829. The summed E-state index contributed by atoms with van der Waals surface area (Å²) in [6, 6.07) is 24.4. The summed E-state index contributed by atoms with van der Waals surface area (Å²) in [5, 5.41) is 5.62. The number of rotatable bonds is 5. The molecule has 4 rings (SSSR count). The van der Waals surface area contributed by atoms with E-state index in [9.17, 15) is 4.57 Å². The van der Waals surface area contributed by atoms with Crippen molar-refractivity contribution in [1.29, 1.82) is 0 Å². The van der Waals surface area contributed by atoms with Gasteiger partial charge in [0.1, 0.15) is 5.75 Å². The quantitative estimate of drug-likeness (QED) is 0.492. The molecule has 0 aliphatic heterocycles. The SMILES string of the molecule is COc1ccc2c(c1)CCC2=NOP(=O)(c1ccccc1)c1ccccc1. The van der Waals surface area contributed by atoms with Gasteiger partial charge in [0.25, 0.3) is 0 Å². The molecule has 0 unspecified atom stereocenters. The highest BCUT2D eigenvalue weighted by Gasteiger charge is 2.31. The van der Waals surface area contributed by atoms with E-state index in [-0.39, 0.29) is 0 Å². The fourth-order valence-corrected chi connectivity index (χ4v) is 5.10. The summed E-state index contributed by atoms with van der Waals surface area (Å²) >= 11 is 0. The Kier molecular flexibility index (Phi) is 4.83. The Morgan fingerprint density at radius 1 is 0.852 bits per heavy atom. The van der Waals surface area contributed by atoms with E-state index in [1.54, 1.807) is 7.11 Å². The zero-order valence-corrected chi connectivity index (χ0v) is 15.9. The van der Waals surface area contributed by atoms with E-state index in [1.165, 1.54) is 5.56 Å². The number of hydrogen-bond acceptors (Lipinski definition) is 4. The first-order valence-corrected chi connectivity index (χ1v) is 10.5. The second-order valence-electron chi connectivity index (χ2n) is 6.37. The van der Waals surface area contributed by atoms with Crippen LogP contribution in [0.3, 0.4) is 0 Å². The maximum atomic E-state index is 13.8. The van der Waals surface area contributed by atoms with Crippen molar-refractivity contribution in [3.05, 3.63) is 90.0 Å². The Hall–Kier alpha value is -2.84. The number of oxime groups is 1. The molecule has 3 aromatic carbocycles. The van der Waals surface area contributed by atoms with E-state index in [1.807, 2.05) is 78.9 Å². The van der Waals surface area contributed by atoms with Crippen molar-refractivity contribution < 1.29 is 13.9 Å². The van der Waals surface area contributed by atoms with Gasteiger partial charge in [0.2, 0.25) is 0 Å². The van der Waals surface area contributed by atoms with Crippen molar-refractivity contribution in [1.82, 2.24) is 0 Å². The summed E-state index contributed by atoms with van der Waals surface area (Å²) in [5.41, 5.74) is 3.02. The second-order valence-corrected chi connectivity index (χ2v) is 8.66. The maximum Gasteiger partial charge on any atom is 0.330 e. The third kappa shape index (κ3) is 3.41. The standard InChI is InChI=1S/C22H20NO3P/c1-25-18-13-14-21-17(16-18)12-15-22(21)23-26-27(24,19-8-4-2-5-9-19)20-10-6-3-7-11-20/h2-11,13-14,16H,12,15H2,1H3. The largest absolute Gasteiger partial charge is 0.497 e. The molecule has 5 heteroatoms. The molecule has 0 bridgehead atoms. The molecular formula is C22H20NO3P. The second kappa shape index (κ2) is 7.42. The molecule has 0 saturated heterocycles. The number of ether oxygens (including phenoxy) is 1. The molecule has 0 amide bonds. The van der Waals surface area contributed by atoms with Crippen LogP contribution in [0.4, 0.5) is 0 Å². The van der Waals surface area contributed by atoms with Crippen LogP contribution in [0.1, 0.15) is 17.5 Å². The van der Waals surface area contributed by atoms with Crippen molar-refractivity contribution in [3.8, 4) is 5.75 Å². The van der Waals surface area contributed by atoms with Crippen LogP contribution in [0.2, 0.25) is 0 Å². The van der Waals surface area contributed by atoms with Gasteiger partial charge in [-0.15, -0.1) is 0 Å². The molecule has 0 saturated carbocycles. The van der Waals surface area contributed by atoms with Gasteiger partial charge in [-0.1, -0.05) is 41.6 Å². The van der Waals surface area contributed by atoms with Gasteiger partial charge < -0.3 is 9.36 Å². The average molecular weight is 377 g/mol. The topological polar surface area (TPSA) is 47.9 Å². The van der Waals surface area contributed by atoms with Crippen LogP contribution >= 0.6 is 7.37 Å². The van der Waals surface area contributed by atoms with Gasteiger partial charge in [-0.25, -0.2) is 0 Å². The van der Waals surface area contributed by atoms with Crippen LogP contribution in [0, 0.1) is 0 Å². The number of fused-ring (bicyclic) bond motifs is 1. The number of methoxy groups -OCH3 is 1. The molecule has 0 radical (unpaired) electrons. The first-order chi connectivity index (χ1) is 13.2. The van der Waals surface area contributed by atoms with E-state index in [0.29, 0.717) is 10.6 Å². The van der Waals surface area contributed by atoms with Crippen LogP contribution in [0.5, 0.6) is 5.75 Å². The molecule has 1 aliphatic rings. The number of aryl methyl sites for hydroxylation is 1. The molecular weight excluding hydrogens is 357 g/mol. The van der Waals surface area contributed by atoms with E-state index in [2.05, 4.69) is 5.16 Å². The highest BCUT2D eigenvalue weighted by Crippen LogP contribution is 2.45. The highest BCUT2D eigenvalue weighted by molar-refractivity contribution is 7.74. The Morgan fingerprint density at radius 3 is 2.07 bits per heavy atom. The molecule has 27 heavy (non-hydrogen) atoms. The smallest absolute Gasteiger partial charge is 0.330 e. The van der Waals surface area contributed by atoms with Crippen molar-refractivity contribution in [2.75, 3.05) is 7.11 Å². The Bertz CT molecular complexity index is 973. The predicted molar refractivity (Wildman–Crippen MR) is 109 cm³/mol. The van der Waals surface area contributed by atoms with Gasteiger partial charge in [0, 0.05) is 5.56 Å². The monoisotopic (exact) mass is 377 g/mol. The minimum atomic E-state index is -3.32. The zero-order valence-electron chi connectivity index (χ0n) is 15.0. The molecule has 0 fully saturated rings. The van der Waals surface area contributed by atoms with Crippen LogP contribution in [-0.4, -0.2) is 12.8 Å². The van der Waals surface area contributed by atoms with Crippen LogP contribution in [-0.2, 0) is 15.6 Å². The molecule has 0 aromatic heterocycles. The highest BCUT2D eigenvalue weighted by atomic mass is 31.2. The first-order valence-electron chi connectivity index (χ1n) is 8.85. The van der Waals surface area contributed by atoms with Crippen molar-refractivity contribution in [2.24, 2.45) is 5.16 Å². The van der Waals surface area contributed by atoms with Crippen LogP contribution < -0.4 is 15.3 Å². The molecule has 4 nitrogen and oxygen atoms in total. The van der Waals surface area contributed by atoms with E-state index >= 15 is 0 Å². The summed E-state index contributed by atoms with van der Waals surface area (Å²) in [6.07, 6.45) is 1.63. The Balaban J connectivity index is 1.71. The molecule has 0 heterocycles.